The second-order valence-electron chi connectivity index (χ2n) is 4.49. The van der Waals surface area contributed by atoms with Gasteiger partial charge in [-0.15, -0.1) is 0 Å². The quantitative estimate of drug-likeness (QED) is 0.716. The number of hydrogen-bond acceptors (Lipinski definition) is 2. The molecule has 0 amide bonds. The van der Waals surface area contributed by atoms with Gasteiger partial charge in [0.1, 0.15) is 5.69 Å². The van der Waals surface area contributed by atoms with Crippen LogP contribution in [0.1, 0.15) is 42.2 Å². The number of carbonyl (C=O) groups excluding carboxylic acids is 1. The molecule has 0 aliphatic heterocycles. The van der Waals surface area contributed by atoms with Crippen LogP contribution in [-0.4, -0.2) is 17.1 Å². The van der Waals surface area contributed by atoms with Gasteiger partial charge in [-0.3, -0.25) is 0 Å². The molecule has 3 nitrogen and oxygen atoms in total. The first-order valence-electron chi connectivity index (χ1n) is 6.05. The van der Waals surface area contributed by atoms with E-state index < -0.39 is 0 Å². The third kappa shape index (κ3) is 2.46. The molecule has 0 atom stereocenters. The third-order valence-electron chi connectivity index (χ3n) is 3.11. The van der Waals surface area contributed by atoms with Crippen LogP contribution in [0, 0.1) is 12.8 Å². The maximum absolute atomic E-state index is 11.8. The normalized spacial score (nSPS) is 15.1. The van der Waals surface area contributed by atoms with Crippen LogP contribution in [0.4, 0.5) is 0 Å². The number of carbonyl (C=O) groups is 1. The zero-order chi connectivity index (χ0) is 11.5. The number of nitrogens with zero attached hydrogens (tertiary/aromatic N) is 1. The van der Waals surface area contributed by atoms with Crippen molar-refractivity contribution in [1.29, 1.82) is 0 Å². The van der Waals surface area contributed by atoms with Gasteiger partial charge in [-0.1, -0.05) is 12.8 Å². The van der Waals surface area contributed by atoms with Gasteiger partial charge in [0.25, 0.3) is 0 Å². The molecule has 88 valence electrons. The van der Waals surface area contributed by atoms with Crippen molar-refractivity contribution in [2.45, 2.75) is 39.7 Å². The number of rotatable bonds is 5. The average molecular weight is 221 g/mol. The molecule has 0 spiro atoms. The maximum Gasteiger partial charge on any atom is 0.355 e. The summed E-state index contributed by atoms with van der Waals surface area (Å²) in [5, 5.41) is 0. The van der Waals surface area contributed by atoms with Gasteiger partial charge in [-0.25, -0.2) is 4.79 Å². The Morgan fingerprint density at radius 3 is 2.94 bits per heavy atom. The van der Waals surface area contributed by atoms with Crippen LogP contribution in [0.2, 0.25) is 0 Å². The van der Waals surface area contributed by atoms with Gasteiger partial charge in [0, 0.05) is 12.7 Å². The molecule has 1 fully saturated rings. The Morgan fingerprint density at radius 1 is 1.56 bits per heavy atom. The minimum Gasteiger partial charge on any atom is -0.461 e. The monoisotopic (exact) mass is 221 g/mol. The minimum absolute atomic E-state index is 0.194. The van der Waals surface area contributed by atoms with Crippen LogP contribution in [0.3, 0.4) is 0 Å². The summed E-state index contributed by atoms with van der Waals surface area (Å²) in [5.74, 6) is 0.693. The predicted octanol–water partition coefficient (Wildman–Crippen LogP) is 2.77. The molecular weight excluding hydrogens is 202 g/mol. The Balaban J connectivity index is 2.07. The predicted molar refractivity (Wildman–Crippen MR) is 62.5 cm³/mol. The Hall–Kier alpha value is -1.25. The van der Waals surface area contributed by atoms with Crippen molar-refractivity contribution in [3.8, 4) is 0 Å². The lowest BCUT2D eigenvalue weighted by Crippen LogP contribution is -2.13. The van der Waals surface area contributed by atoms with Crippen LogP contribution < -0.4 is 0 Å². The van der Waals surface area contributed by atoms with E-state index in [9.17, 15) is 4.79 Å². The fourth-order valence-electron chi connectivity index (χ4n) is 1.97. The highest BCUT2D eigenvalue weighted by molar-refractivity contribution is 5.89. The van der Waals surface area contributed by atoms with Crippen LogP contribution >= 0.6 is 0 Å². The largest absolute Gasteiger partial charge is 0.461 e. The average Bonchev–Trinajstić information content (AvgIpc) is 3.00. The Morgan fingerprint density at radius 2 is 2.31 bits per heavy atom. The van der Waals surface area contributed by atoms with Gasteiger partial charge in [-0.2, -0.15) is 0 Å². The minimum atomic E-state index is -0.194. The van der Waals surface area contributed by atoms with Gasteiger partial charge in [0.15, 0.2) is 0 Å². The number of aromatic nitrogens is 1. The molecule has 3 heteroatoms. The second-order valence-corrected chi connectivity index (χ2v) is 4.49. The molecule has 0 aromatic carbocycles. The van der Waals surface area contributed by atoms with Gasteiger partial charge in [-0.05, 0) is 37.8 Å². The molecule has 0 bridgehead atoms. The summed E-state index contributed by atoms with van der Waals surface area (Å²) < 4.78 is 7.10. The van der Waals surface area contributed by atoms with Crippen molar-refractivity contribution in [3.05, 3.63) is 23.5 Å². The summed E-state index contributed by atoms with van der Waals surface area (Å²) in [6.07, 6.45) is 5.88. The van der Waals surface area contributed by atoms with E-state index in [1.165, 1.54) is 19.3 Å². The molecule has 0 saturated heterocycles. The molecule has 1 aromatic rings. The van der Waals surface area contributed by atoms with E-state index in [0.29, 0.717) is 6.61 Å². The lowest BCUT2D eigenvalue weighted by molar-refractivity contribution is 0.0512. The van der Waals surface area contributed by atoms with Gasteiger partial charge in [0.05, 0.1) is 6.61 Å². The molecule has 1 saturated carbocycles. The molecule has 2 rings (SSSR count). The molecule has 1 aromatic heterocycles. The molecular formula is C13H19NO2. The van der Waals surface area contributed by atoms with Crippen LogP contribution in [0.5, 0.6) is 0 Å². The van der Waals surface area contributed by atoms with Crippen molar-refractivity contribution in [2.24, 2.45) is 5.92 Å². The molecule has 0 radical (unpaired) electrons. The first-order chi connectivity index (χ1) is 7.72. The Bertz CT molecular complexity index is 377. The third-order valence-corrected chi connectivity index (χ3v) is 3.11. The molecule has 1 aliphatic rings. The van der Waals surface area contributed by atoms with E-state index >= 15 is 0 Å². The van der Waals surface area contributed by atoms with Crippen molar-refractivity contribution in [1.82, 2.24) is 4.57 Å². The smallest absolute Gasteiger partial charge is 0.355 e. The molecule has 1 aliphatic carbocycles. The van der Waals surface area contributed by atoms with Gasteiger partial charge >= 0.3 is 5.97 Å². The fourth-order valence-corrected chi connectivity index (χ4v) is 1.97. The summed E-state index contributed by atoms with van der Waals surface area (Å²) in [6, 6.07) is 1.99. The second kappa shape index (κ2) is 4.73. The van der Waals surface area contributed by atoms with E-state index in [4.69, 9.17) is 4.74 Å². The molecule has 0 unspecified atom stereocenters. The van der Waals surface area contributed by atoms with Gasteiger partial charge < -0.3 is 9.30 Å². The number of esters is 1. The van der Waals surface area contributed by atoms with Gasteiger partial charge in [0.2, 0.25) is 0 Å². The van der Waals surface area contributed by atoms with E-state index in [1.54, 1.807) is 0 Å². The van der Waals surface area contributed by atoms with Crippen molar-refractivity contribution in [3.63, 3.8) is 0 Å². The van der Waals surface area contributed by atoms with Crippen LogP contribution in [0.25, 0.3) is 0 Å². The lowest BCUT2D eigenvalue weighted by atomic mass is 10.2. The van der Waals surface area contributed by atoms with Crippen molar-refractivity contribution < 1.29 is 9.53 Å². The summed E-state index contributed by atoms with van der Waals surface area (Å²) in [6.45, 7) is 5.17. The Kier molecular flexibility index (Phi) is 3.32. The van der Waals surface area contributed by atoms with Crippen molar-refractivity contribution in [2.75, 3.05) is 6.61 Å². The zero-order valence-corrected chi connectivity index (χ0v) is 10.0. The standard InChI is InChI=1S/C13H19NO2/c1-3-16-13(15)12-10(2)6-8-14(12)9-7-11-4-5-11/h6,8,11H,3-5,7,9H2,1-2H3. The molecule has 0 N–H and O–H groups in total. The first kappa shape index (κ1) is 11.2. The zero-order valence-electron chi connectivity index (χ0n) is 10.0. The van der Waals surface area contributed by atoms with E-state index in [-0.39, 0.29) is 5.97 Å². The number of ether oxygens (including phenoxy) is 1. The van der Waals surface area contributed by atoms with Crippen molar-refractivity contribution >= 4 is 5.97 Å². The maximum atomic E-state index is 11.8. The topological polar surface area (TPSA) is 31.2 Å². The van der Waals surface area contributed by atoms with E-state index in [0.717, 1.165) is 23.7 Å². The fraction of sp³-hybridized carbons (Fsp3) is 0.615. The molecule has 16 heavy (non-hydrogen) atoms. The SMILES string of the molecule is CCOC(=O)c1c(C)ccn1CCC1CC1. The van der Waals surface area contributed by atoms with Crippen LogP contribution in [-0.2, 0) is 11.3 Å². The summed E-state index contributed by atoms with van der Waals surface area (Å²) >= 11 is 0. The summed E-state index contributed by atoms with van der Waals surface area (Å²) in [4.78, 5) is 11.8. The highest BCUT2D eigenvalue weighted by Crippen LogP contribution is 2.33. The summed E-state index contributed by atoms with van der Waals surface area (Å²) in [5.41, 5.74) is 1.73. The van der Waals surface area contributed by atoms with E-state index in [2.05, 4.69) is 0 Å². The lowest BCUT2D eigenvalue weighted by Gasteiger charge is -2.09. The number of aryl methyl sites for hydroxylation is 2. The van der Waals surface area contributed by atoms with E-state index in [1.807, 2.05) is 30.7 Å². The highest BCUT2D eigenvalue weighted by Gasteiger charge is 2.22. The number of hydrogen-bond donors (Lipinski definition) is 0. The van der Waals surface area contributed by atoms with Crippen LogP contribution in [0.15, 0.2) is 12.3 Å². The summed E-state index contributed by atoms with van der Waals surface area (Å²) in [7, 11) is 0. The Labute approximate surface area is 96.4 Å². The first-order valence-corrected chi connectivity index (χ1v) is 6.05. The highest BCUT2D eigenvalue weighted by atomic mass is 16.5. The molecule has 1 heterocycles.